The molecular formula is C25H52. The Kier molecular flexibility index (Phi) is 8.79. The molecule has 25 heavy (non-hydrogen) atoms. The third-order valence-electron chi connectivity index (χ3n) is 9.77. The molecule has 0 radical (unpaired) electrons. The van der Waals surface area contributed by atoms with Crippen LogP contribution < -0.4 is 0 Å². The molecule has 0 bridgehead atoms. The van der Waals surface area contributed by atoms with Gasteiger partial charge in [-0.25, -0.2) is 0 Å². The van der Waals surface area contributed by atoms with Crippen molar-refractivity contribution in [3.8, 4) is 0 Å². The molecule has 0 heteroatoms. The lowest BCUT2D eigenvalue weighted by Crippen LogP contribution is -2.40. The van der Waals surface area contributed by atoms with Gasteiger partial charge in [-0.3, -0.25) is 0 Å². The molecule has 152 valence electrons. The van der Waals surface area contributed by atoms with Gasteiger partial charge in [-0.2, -0.15) is 0 Å². The van der Waals surface area contributed by atoms with E-state index >= 15 is 0 Å². The fraction of sp³-hybridized carbons (Fsp3) is 1.00. The lowest BCUT2D eigenvalue weighted by atomic mass is 9.57. The maximum absolute atomic E-state index is 2.45. The van der Waals surface area contributed by atoms with E-state index in [1.54, 1.807) is 0 Å². The van der Waals surface area contributed by atoms with Gasteiger partial charge in [-0.1, -0.05) is 134 Å². The summed E-state index contributed by atoms with van der Waals surface area (Å²) >= 11 is 0. The molecule has 1 aliphatic rings. The Morgan fingerprint density at radius 1 is 0.320 bits per heavy atom. The van der Waals surface area contributed by atoms with E-state index in [2.05, 4.69) is 83.1 Å². The largest absolute Gasteiger partial charge is 0.0654 e. The minimum atomic E-state index is 0.354. The zero-order chi connectivity index (χ0) is 20.2. The number of unbranched alkanes of at least 4 members (excludes halogenated alkanes) is 7. The summed E-state index contributed by atoms with van der Waals surface area (Å²) in [6, 6.07) is 0. The molecule has 0 saturated heterocycles. The van der Waals surface area contributed by atoms with Gasteiger partial charge in [0.05, 0.1) is 0 Å². The number of hydrogen-bond donors (Lipinski definition) is 0. The molecule has 0 spiro atoms. The highest BCUT2D eigenvalue weighted by molar-refractivity contribution is 5.19. The van der Waals surface area contributed by atoms with Crippen molar-refractivity contribution < 1.29 is 0 Å². The van der Waals surface area contributed by atoms with Crippen molar-refractivity contribution in [3.05, 3.63) is 0 Å². The van der Waals surface area contributed by atoms with Crippen molar-refractivity contribution >= 4 is 0 Å². The zero-order valence-electron chi connectivity index (χ0n) is 20.2. The van der Waals surface area contributed by atoms with Crippen LogP contribution in [0.2, 0.25) is 0 Å². The minimum Gasteiger partial charge on any atom is -0.0654 e. The molecular weight excluding hydrogens is 300 g/mol. The fourth-order valence-electron chi connectivity index (χ4n) is 5.11. The summed E-state index contributed by atoms with van der Waals surface area (Å²) in [5.41, 5.74) is 1.77. The Labute approximate surface area is 161 Å². The predicted octanol–water partition coefficient (Wildman–Crippen LogP) is 9.28. The van der Waals surface area contributed by atoms with Crippen LogP contribution in [0.25, 0.3) is 0 Å². The third-order valence-corrected chi connectivity index (χ3v) is 9.77. The van der Waals surface area contributed by atoms with Gasteiger partial charge in [0.2, 0.25) is 0 Å². The minimum absolute atomic E-state index is 0.354. The summed E-state index contributed by atoms with van der Waals surface area (Å²) in [5, 5.41) is 0. The molecule has 0 unspecified atom stereocenters. The standard InChI is InChI=1S/C15H30.C10H22/c1-11(2)12(3,4)14(7,8)15(9,10)13(11,5)6;1-3-5-7-9-10-8-6-4-2/h1-10H3;3-10H2,1-2H3. The molecule has 1 saturated carbocycles. The maximum atomic E-state index is 2.45. The van der Waals surface area contributed by atoms with Crippen molar-refractivity contribution in [2.45, 2.75) is 134 Å². The van der Waals surface area contributed by atoms with Gasteiger partial charge in [-0.05, 0) is 27.1 Å². The topological polar surface area (TPSA) is 0 Å². The van der Waals surface area contributed by atoms with Gasteiger partial charge in [0.15, 0.2) is 0 Å². The van der Waals surface area contributed by atoms with Crippen molar-refractivity contribution in [2.75, 3.05) is 0 Å². The second-order valence-electron chi connectivity index (χ2n) is 11.2. The van der Waals surface area contributed by atoms with Crippen molar-refractivity contribution in [2.24, 2.45) is 27.1 Å². The lowest BCUT2D eigenvalue weighted by Gasteiger charge is -2.47. The van der Waals surface area contributed by atoms with E-state index in [0.29, 0.717) is 27.1 Å². The molecule has 0 N–H and O–H groups in total. The van der Waals surface area contributed by atoms with Crippen molar-refractivity contribution in [1.29, 1.82) is 0 Å². The summed E-state index contributed by atoms with van der Waals surface area (Å²) in [6.07, 6.45) is 11.5. The molecule has 1 aliphatic carbocycles. The Morgan fingerprint density at radius 3 is 0.640 bits per heavy atom. The van der Waals surface area contributed by atoms with Crippen molar-refractivity contribution in [3.63, 3.8) is 0 Å². The third kappa shape index (κ3) is 4.30. The molecule has 0 heterocycles. The Morgan fingerprint density at radius 2 is 0.480 bits per heavy atom. The monoisotopic (exact) mass is 352 g/mol. The van der Waals surface area contributed by atoms with Crippen LogP contribution in [0.5, 0.6) is 0 Å². The second-order valence-corrected chi connectivity index (χ2v) is 11.2. The summed E-state index contributed by atoms with van der Waals surface area (Å²) in [6.45, 7) is 29.0. The summed E-state index contributed by atoms with van der Waals surface area (Å²) in [7, 11) is 0. The van der Waals surface area contributed by atoms with Crippen LogP contribution in [0.4, 0.5) is 0 Å². The second kappa shape index (κ2) is 8.79. The molecule has 0 aromatic rings. The van der Waals surface area contributed by atoms with E-state index in [1.807, 2.05) is 0 Å². The highest BCUT2D eigenvalue weighted by Crippen LogP contribution is 2.77. The fourth-order valence-corrected chi connectivity index (χ4v) is 5.11. The van der Waals surface area contributed by atoms with Gasteiger partial charge < -0.3 is 0 Å². The van der Waals surface area contributed by atoms with E-state index in [1.165, 1.54) is 51.4 Å². The van der Waals surface area contributed by atoms with Crippen LogP contribution in [0.15, 0.2) is 0 Å². The van der Waals surface area contributed by atoms with Crippen LogP contribution in [-0.2, 0) is 0 Å². The number of hydrogen-bond acceptors (Lipinski definition) is 0. The molecule has 0 nitrogen and oxygen atoms in total. The van der Waals surface area contributed by atoms with Gasteiger partial charge >= 0.3 is 0 Å². The SMILES string of the molecule is CC1(C)C(C)(C)C(C)(C)C(C)(C)C1(C)C.CCCCCCCCCC. The van der Waals surface area contributed by atoms with Gasteiger partial charge in [0.25, 0.3) is 0 Å². The average Bonchev–Trinajstić information content (AvgIpc) is 2.54. The summed E-state index contributed by atoms with van der Waals surface area (Å²) in [5.74, 6) is 0. The van der Waals surface area contributed by atoms with Gasteiger partial charge in [0, 0.05) is 0 Å². The Balaban J connectivity index is 0.000000504. The van der Waals surface area contributed by atoms with Gasteiger partial charge in [-0.15, -0.1) is 0 Å². The predicted molar refractivity (Wildman–Crippen MR) is 117 cm³/mol. The quantitative estimate of drug-likeness (QED) is 0.400. The Bertz CT molecular complexity index is 281. The number of rotatable bonds is 7. The Hall–Kier alpha value is 0. The molecule has 1 rings (SSSR count). The first-order valence-electron chi connectivity index (χ1n) is 11.2. The van der Waals surface area contributed by atoms with Gasteiger partial charge in [0.1, 0.15) is 0 Å². The maximum Gasteiger partial charge on any atom is -0.0241 e. The molecule has 0 aromatic heterocycles. The van der Waals surface area contributed by atoms with Crippen LogP contribution in [0, 0.1) is 27.1 Å². The zero-order valence-corrected chi connectivity index (χ0v) is 20.2. The van der Waals surface area contributed by atoms with Crippen molar-refractivity contribution in [1.82, 2.24) is 0 Å². The van der Waals surface area contributed by atoms with Crippen LogP contribution >= 0.6 is 0 Å². The summed E-state index contributed by atoms with van der Waals surface area (Å²) in [4.78, 5) is 0. The highest BCUT2D eigenvalue weighted by atomic mass is 14.8. The first-order chi connectivity index (χ1) is 11.2. The van der Waals surface area contributed by atoms with E-state index in [0.717, 1.165) is 0 Å². The molecule has 0 atom stereocenters. The van der Waals surface area contributed by atoms with Crippen LogP contribution in [0.3, 0.4) is 0 Å². The molecule has 0 aliphatic heterocycles. The van der Waals surface area contributed by atoms with Crippen LogP contribution in [0.1, 0.15) is 134 Å². The van der Waals surface area contributed by atoms with E-state index in [4.69, 9.17) is 0 Å². The normalized spacial score (nSPS) is 24.5. The van der Waals surface area contributed by atoms with E-state index < -0.39 is 0 Å². The first kappa shape index (κ1) is 25.0. The van der Waals surface area contributed by atoms with Crippen LogP contribution in [-0.4, -0.2) is 0 Å². The van der Waals surface area contributed by atoms with E-state index in [9.17, 15) is 0 Å². The average molecular weight is 353 g/mol. The molecule has 0 amide bonds. The summed E-state index contributed by atoms with van der Waals surface area (Å²) < 4.78 is 0. The first-order valence-corrected chi connectivity index (χ1v) is 11.2. The molecule has 0 aromatic carbocycles. The highest BCUT2D eigenvalue weighted by Gasteiger charge is 2.71. The smallest absolute Gasteiger partial charge is 0.0241 e. The lowest BCUT2D eigenvalue weighted by molar-refractivity contribution is 0.0135. The molecule has 1 fully saturated rings. The van der Waals surface area contributed by atoms with E-state index in [-0.39, 0.29) is 0 Å².